The molecule has 2 fully saturated rings. The van der Waals surface area contributed by atoms with Crippen LogP contribution in [0.5, 0.6) is 0 Å². The molecule has 0 aromatic rings. The minimum Gasteiger partial charge on any atom is -0.449 e. The van der Waals surface area contributed by atoms with Gasteiger partial charge in [-0.25, -0.2) is 0 Å². The van der Waals surface area contributed by atoms with Gasteiger partial charge in [-0.3, -0.25) is 0 Å². The van der Waals surface area contributed by atoms with Crippen LogP contribution in [0.25, 0.3) is 0 Å². The van der Waals surface area contributed by atoms with E-state index in [1.165, 1.54) is 6.42 Å². The summed E-state index contributed by atoms with van der Waals surface area (Å²) in [6, 6.07) is 0.486. The van der Waals surface area contributed by atoms with Gasteiger partial charge in [-0.15, -0.1) is 0 Å². The number of likely N-dealkylation sites (tertiary alicyclic amines) is 1. The first-order valence-corrected chi connectivity index (χ1v) is 4.51. The normalized spacial score (nSPS) is 26.1. The van der Waals surface area contributed by atoms with Crippen molar-refractivity contribution in [2.45, 2.75) is 31.1 Å². The van der Waals surface area contributed by atoms with Gasteiger partial charge in [0.05, 0.1) is 0 Å². The van der Waals surface area contributed by atoms with Crippen LogP contribution in [0.2, 0.25) is 5.82 Å². The van der Waals surface area contributed by atoms with Crippen LogP contribution in [0.1, 0.15) is 19.3 Å². The molecule has 1 saturated heterocycles. The van der Waals surface area contributed by atoms with Gasteiger partial charge in [0.2, 0.25) is 0 Å². The predicted molar refractivity (Wildman–Crippen MR) is 42.0 cm³/mol. The maximum Gasteiger partial charge on any atom is 1.00 e. The molecule has 1 saturated carbocycles. The maximum atomic E-state index is 12.1. The first kappa shape index (κ1) is 12.5. The molecule has 1 aliphatic carbocycles. The summed E-state index contributed by atoms with van der Waals surface area (Å²) in [5.74, 6) is -0.981. The molecule has 0 bridgehead atoms. The van der Waals surface area contributed by atoms with Gasteiger partial charge in [-0.05, 0) is 31.7 Å². The molecule has 0 aromatic heterocycles. The van der Waals surface area contributed by atoms with Crippen LogP contribution in [-0.2, 0) is 0 Å². The van der Waals surface area contributed by atoms with Crippen molar-refractivity contribution in [3.8, 4) is 0 Å². The van der Waals surface area contributed by atoms with Crippen molar-refractivity contribution in [1.82, 2.24) is 4.90 Å². The zero-order valence-electron chi connectivity index (χ0n) is 7.85. The summed E-state index contributed by atoms with van der Waals surface area (Å²) >= 11 is 0. The molecule has 1 heterocycles. The van der Waals surface area contributed by atoms with E-state index >= 15 is 0 Å². The van der Waals surface area contributed by atoms with Gasteiger partial charge < -0.3 is 17.8 Å². The molecule has 0 radical (unpaired) electrons. The molecule has 0 unspecified atom stereocenters. The third-order valence-electron chi connectivity index (χ3n) is 3.06. The average molecular weight is 217 g/mol. The van der Waals surface area contributed by atoms with E-state index in [9.17, 15) is 12.9 Å². The fraction of sp³-hybridized carbons (Fsp3) is 1.00. The monoisotopic (exact) mass is 217 g/mol. The van der Waals surface area contributed by atoms with Crippen LogP contribution in [0.4, 0.5) is 12.9 Å². The molecule has 70 valence electrons. The topological polar surface area (TPSA) is 3.24 Å². The Kier molecular flexibility index (Phi) is 4.36. The van der Waals surface area contributed by atoms with Crippen molar-refractivity contribution in [1.29, 1.82) is 0 Å². The Hall–Kier alpha value is 1.45. The molecule has 1 nitrogen and oxygen atoms in total. The number of hydrogen-bond donors (Lipinski definition) is 0. The van der Waals surface area contributed by atoms with Gasteiger partial charge in [0, 0.05) is 6.04 Å². The van der Waals surface area contributed by atoms with Crippen LogP contribution < -0.4 is 51.4 Å². The summed E-state index contributed by atoms with van der Waals surface area (Å²) in [7, 11) is 0. The average Bonchev–Trinajstić information content (AvgIpc) is 1.67. The van der Waals surface area contributed by atoms with Crippen molar-refractivity contribution in [2.75, 3.05) is 13.1 Å². The summed E-state index contributed by atoms with van der Waals surface area (Å²) in [5, 5.41) is 0. The summed E-state index contributed by atoms with van der Waals surface area (Å²) in [6.07, 6.45) is 3.41. The van der Waals surface area contributed by atoms with Crippen LogP contribution >= 0.6 is 0 Å². The number of rotatable bonds is 2. The van der Waals surface area contributed by atoms with E-state index < -0.39 is 12.8 Å². The summed E-state index contributed by atoms with van der Waals surface area (Å²) in [5.41, 5.74) is 0. The van der Waals surface area contributed by atoms with E-state index in [1.54, 1.807) is 0 Å². The molecule has 0 atom stereocenters. The second kappa shape index (κ2) is 4.53. The molecular weight excluding hydrogens is 205 g/mol. The zero-order valence-corrected chi connectivity index (χ0v) is 11.0. The number of hydrogen-bond acceptors (Lipinski definition) is 1. The third kappa shape index (κ3) is 2.72. The molecule has 0 N–H and O–H groups in total. The first-order chi connectivity index (χ1) is 5.57. The predicted octanol–water partition coefficient (Wildman–Crippen LogP) is -0.924. The van der Waals surface area contributed by atoms with Gasteiger partial charge in [-0.2, -0.15) is 0 Å². The molecule has 2 rings (SSSR count). The molecule has 0 amide bonds. The van der Waals surface area contributed by atoms with E-state index in [0.717, 1.165) is 12.8 Å². The summed E-state index contributed by atoms with van der Waals surface area (Å²) in [6.45, 7) is -4.01. The van der Waals surface area contributed by atoms with Crippen molar-refractivity contribution in [2.24, 2.45) is 0 Å². The van der Waals surface area contributed by atoms with Gasteiger partial charge >= 0.3 is 58.4 Å². The van der Waals surface area contributed by atoms with Crippen molar-refractivity contribution < 1.29 is 64.3 Å². The van der Waals surface area contributed by atoms with Gasteiger partial charge in [-0.1, -0.05) is 6.42 Å². The Morgan fingerprint density at radius 2 is 1.62 bits per heavy atom. The third-order valence-corrected chi connectivity index (χ3v) is 3.06. The molecule has 1 aliphatic heterocycles. The van der Waals surface area contributed by atoms with E-state index in [1.807, 2.05) is 4.90 Å². The number of nitrogens with zero attached hydrogens (tertiary/aromatic N) is 1. The van der Waals surface area contributed by atoms with Crippen LogP contribution in [-0.4, -0.2) is 31.0 Å². The Balaban J connectivity index is 0.000000845. The SMILES string of the molecule is F[B-](F)(F)C1CN(C2CCC2)C1.[K+]. The molecule has 6 heteroatoms. The summed E-state index contributed by atoms with van der Waals surface area (Å²) < 4.78 is 36.3. The Bertz CT molecular complexity index is 177. The second-order valence-electron chi connectivity index (χ2n) is 3.92. The fourth-order valence-electron chi connectivity index (χ4n) is 1.84. The minimum absolute atomic E-state index is 0. The van der Waals surface area contributed by atoms with Crippen molar-refractivity contribution in [3.63, 3.8) is 0 Å². The molecule has 0 aromatic carbocycles. The first-order valence-electron chi connectivity index (χ1n) is 4.51. The summed E-state index contributed by atoms with van der Waals surface area (Å²) in [4.78, 5) is 1.98. The Morgan fingerprint density at radius 3 is 1.92 bits per heavy atom. The molecule has 2 aliphatic rings. The minimum atomic E-state index is -4.56. The zero-order chi connectivity index (χ0) is 8.77. The molecule has 13 heavy (non-hydrogen) atoms. The van der Waals surface area contributed by atoms with E-state index in [4.69, 9.17) is 0 Å². The van der Waals surface area contributed by atoms with Gasteiger partial charge in [0.1, 0.15) is 0 Å². The maximum absolute atomic E-state index is 12.1. The van der Waals surface area contributed by atoms with Crippen molar-refractivity contribution in [3.05, 3.63) is 0 Å². The van der Waals surface area contributed by atoms with Gasteiger partial charge in [0.15, 0.2) is 0 Å². The largest absolute Gasteiger partial charge is 1.00 e. The van der Waals surface area contributed by atoms with Gasteiger partial charge in [0.25, 0.3) is 0 Å². The Labute approximate surface area is 119 Å². The van der Waals surface area contributed by atoms with E-state index in [2.05, 4.69) is 0 Å². The second-order valence-corrected chi connectivity index (χ2v) is 3.92. The van der Waals surface area contributed by atoms with Crippen molar-refractivity contribution >= 4 is 6.98 Å². The molecule has 0 spiro atoms. The Morgan fingerprint density at radius 1 is 1.08 bits per heavy atom. The van der Waals surface area contributed by atoms with Crippen LogP contribution in [0.15, 0.2) is 0 Å². The van der Waals surface area contributed by atoms with Crippen LogP contribution in [0, 0.1) is 0 Å². The van der Waals surface area contributed by atoms with Crippen LogP contribution in [0.3, 0.4) is 0 Å². The quantitative estimate of drug-likeness (QED) is 0.540. The van der Waals surface area contributed by atoms with E-state index in [-0.39, 0.29) is 64.5 Å². The number of halogens is 3. The van der Waals surface area contributed by atoms with E-state index in [0.29, 0.717) is 6.04 Å². The fourth-order valence-corrected chi connectivity index (χ4v) is 1.84. The molecular formula is C7H12BF3KN. The standard InChI is InChI=1S/C7H12BF3N.K/c9-8(10,11)6-4-12(5-6)7-2-1-3-7;/h6-7H,1-5H2;/q-1;+1. The smallest absolute Gasteiger partial charge is 0.449 e.